The van der Waals surface area contributed by atoms with Crippen LogP contribution in [0.3, 0.4) is 0 Å². The molecule has 0 unspecified atom stereocenters. The number of aliphatic hydroxyl groups excluding tert-OH is 1. The van der Waals surface area contributed by atoms with Gasteiger partial charge in [-0.2, -0.15) is 0 Å². The summed E-state index contributed by atoms with van der Waals surface area (Å²) in [6.45, 7) is 7.11. The number of aliphatic imine (C=N–C) groups is 1. The van der Waals surface area contributed by atoms with Crippen LogP contribution in [0.5, 0.6) is 0 Å². The molecule has 0 saturated heterocycles. The van der Waals surface area contributed by atoms with E-state index >= 15 is 0 Å². The van der Waals surface area contributed by atoms with E-state index in [2.05, 4.69) is 4.99 Å². The average Bonchev–Trinajstić information content (AvgIpc) is 2.80. The molecular weight excluding hydrogens is 430 g/mol. The van der Waals surface area contributed by atoms with E-state index in [0.29, 0.717) is 11.3 Å². The maximum absolute atomic E-state index is 13.4. The lowest BCUT2D eigenvalue weighted by Gasteiger charge is -2.34. The van der Waals surface area contributed by atoms with Crippen molar-refractivity contribution in [3.8, 4) is 0 Å². The molecule has 0 aliphatic carbocycles. The Morgan fingerprint density at radius 1 is 1.09 bits per heavy atom. The predicted octanol–water partition coefficient (Wildman–Crippen LogP) is 1.90. The third-order valence-electron chi connectivity index (χ3n) is 5.69. The highest BCUT2D eigenvalue weighted by molar-refractivity contribution is 5.93. The van der Waals surface area contributed by atoms with Crippen LogP contribution in [0.1, 0.15) is 46.5 Å². The fourth-order valence-electron chi connectivity index (χ4n) is 3.95. The zero-order valence-corrected chi connectivity index (χ0v) is 20.2. The van der Waals surface area contributed by atoms with Crippen LogP contribution in [0, 0.1) is 13.8 Å². The molecule has 2 aromatic rings. The lowest BCUT2D eigenvalue weighted by molar-refractivity contribution is -0.136. The molecule has 2 aromatic carbocycles. The number of hydrogen-bond donors (Lipinski definition) is 4. The van der Waals surface area contributed by atoms with E-state index in [0.717, 1.165) is 22.3 Å². The summed E-state index contributed by atoms with van der Waals surface area (Å²) in [5.41, 5.74) is 21.8. The van der Waals surface area contributed by atoms with E-state index in [1.54, 1.807) is 12.1 Å². The van der Waals surface area contributed by atoms with Gasteiger partial charge in [0.15, 0.2) is 0 Å². The monoisotopic (exact) mass is 465 g/mol. The normalized spacial score (nSPS) is 13.8. The minimum absolute atomic E-state index is 0.233. The smallest absolute Gasteiger partial charge is 0.248 e. The van der Waals surface area contributed by atoms with Crippen LogP contribution in [0.4, 0.5) is 0 Å². The van der Waals surface area contributed by atoms with Crippen molar-refractivity contribution in [2.24, 2.45) is 22.2 Å². The molecule has 182 valence electrons. The molecule has 0 aromatic heterocycles. The van der Waals surface area contributed by atoms with Gasteiger partial charge in [-0.15, -0.1) is 0 Å². The van der Waals surface area contributed by atoms with Crippen LogP contribution < -0.4 is 17.2 Å². The van der Waals surface area contributed by atoms with Gasteiger partial charge in [-0.1, -0.05) is 30.3 Å². The Bertz CT molecular complexity index is 1040. The van der Waals surface area contributed by atoms with Crippen molar-refractivity contribution in [1.82, 2.24) is 4.90 Å². The van der Waals surface area contributed by atoms with Crippen molar-refractivity contribution >= 4 is 23.7 Å². The molecule has 0 saturated carbocycles. The van der Waals surface area contributed by atoms with Gasteiger partial charge in [0.25, 0.3) is 0 Å². The number of nitrogens with zero attached hydrogens (tertiary/aromatic N) is 2. The maximum atomic E-state index is 13.4. The Morgan fingerprint density at radius 3 is 2.15 bits per heavy atom. The summed E-state index contributed by atoms with van der Waals surface area (Å²) in [5, 5.41) is 10.1. The lowest BCUT2D eigenvalue weighted by Crippen LogP contribution is -2.54. The number of aliphatic hydroxyl groups is 1. The van der Waals surface area contributed by atoms with Crippen LogP contribution >= 0.6 is 0 Å². The first kappa shape index (κ1) is 26.8. The van der Waals surface area contributed by atoms with Crippen molar-refractivity contribution in [2.75, 3.05) is 6.61 Å². The number of hydrogen-bond acceptors (Lipinski definition) is 6. The third-order valence-corrected chi connectivity index (χ3v) is 5.69. The van der Waals surface area contributed by atoms with Gasteiger partial charge in [-0.3, -0.25) is 14.6 Å². The number of benzene rings is 2. The fourth-order valence-corrected chi connectivity index (χ4v) is 3.95. The van der Waals surface area contributed by atoms with Crippen molar-refractivity contribution in [3.05, 3.63) is 76.5 Å². The average molecular weight is 466 g/mol. The molecule has 2 rings (SSSR count). The van der Waals surface area contributed by atoms with Crippen molar-refractivity contribution in [1.29, 1.82) is 0 Å². The first-order chi connectivity index (χ1) is 16.1. The fraction of sp³-hybridized carbons (Fsp3) is 0.346. The molecule has 0 radical (unpaired) electrons. The highest BCUT2D eigenvalue weighted by Crippen LogP contribution is 2.20. The van der Waals surface area contributed by atoms with Gasteiger partial charge in [0, 0.05) is 29.6 Å². The predicted molar refractivity (Wildman–Crippen MR) is 136 cm³/mol. The summed E-state index contributed by atoms with van der Waals surface area (Å²) in [5.74, 6) is -0.813. The molecule has 0 spiro atoms. The summed E-state index contributed by atoms with van der Waals surface area (Å²) >= 11 is 0. The molecule has 34 heavy (non-hydrogen) atoms. The van der Waals surface area contributed by atoms with Crippen molar-refractivity contribution in [3.63, 3.8) is 0 Å². The number of primary amides is 1. The highest BCUT2D eigenvalue weighted by Gasteiger charge is 2.29. The molecular formula is C26H35N5O3. The second kappa shape index (κ2) is 12.1. The molecule has 0 aliphatic heterocycles. The Morgan fingerprint density at radius 2 is 1.68 bits per heavy atom. The minimum atomic E-state index is -0.847. The molecule has 2 atom stereocenters. The summed E-state index contributed by atoms with van der Waals surface area (Å²) in [6, 6.07) is 11.0. The number of carbonyl (C=O) groups is 2. The van der Waals surface area contributed by atoms with Crippen molar-refractivity contribution in [2.45, 2.75) is 52.2 Å². The quantitative estimate of drug-likeness (QED) is 0.396. The second-order valence-electron chi connectivity index (χ2n) is 8.55. The van der Waals surface area contributed by atoms with Crippen LogP contribution in [-0.2, 0) is 11.2 Å². The summed E-state index contributed by atoms with van der Waals surface area (Å²) in [6.07, 6.45) is 3.19. The molecule has 0 heterocycles. The van der Waals surface area contributed by atoms with Gasteiger partial charge >= 0.3 is 0 Å². The zero-order valence-electron chi connectivity index (χ0n) is 20.2. The maximum Gasteiger partial charge on any atom is 0.248 e. The lowest BCUT2D eigenvalue weighted by atomic mass is 9.93. The molecule has 8 nitrogen and oxygen atoms in total. The number of rotatable bonds is 10. The number of aryl methyl sites for hydroxylation is 2. The molecule has 0 aliphatic rings. The molecule has 8 heteroatoms. The topological polar surface area (TPSA) is 148 Å². The van der Waals surface area contributed by atoms with Gasteiger partial charge in [0.2, 0.25) is 11.8 Å². The van der Waals surface area contributed by atoms with Gasteiger partial charge in [0.1, 0.15) is 0 Å². The summed E-state index contributed by atoms with van der Waals surface area (Å²) < 4.78 is 0. The zero-order chi connectivity index (χ0) is 25.4. The van der Waals surface area contributed by atoms with Crippen LogP contribution in [0.2, 0.25) is 0 Å². The molecule has 0 fully saturated rings. The Hall–Kier alpha value is -3.49. The standard InChI is InChI=1S/C26H35N5O3/c1-16(2)31(21(15-32)14-30-24(13-27)19-8-6-5-7-9-19)26(34)23(28)12-22-17(3)10-20(25(29)33)11-18(22)4/h5-11,13-14,16,21,23,32H,12,15,27-28H2,1-4H3,(H2,29,33)/b24-13-,30-14?/t21-,23+/m1/s1. The Balaban J connectivity index is 2.27. The Labute approximate surface area is 201 Å². The van der Waals surface area contributed by atoms with Gasteiger partial charge in [-0.05, 0) is 62.9 Å². The van der Waals surface area contributed by atoms with E-state index in [1.807, 2.05) is 58.0 Å². The van der Waals surface area contributed by atoms with Gasteiger partial charge in [-0.25, -0.2) is 0 Å². The Kier molecular flexibility index (Phi) is 9.53. The number of nitrogens with two attached hydrogens (primary N) is 3. The van der Waals surface area contributed by atoms with Crippen molar-refractivity contribution < 1.29 is 14.7 Å². The molecule has 2 amide bonds. The van der Waals surface area contributed by atoms with E-state index < -0.39 is 18.0 Å². The second-order valence-corrected chi connectivity index (χ2v) is 8.55. The first-order valence-corrected chi connectivity index (χ1v) is 11.2. The summed E-state index contributed by atoms with van der Waals surface area (Å²) in [7, 11) is 0. The first-order valence-electron chi connectivity index (χ1n) is 11.2. The number of amides is 2. The van der Waals surface area contributed by atoms with Crippen LogP contribution in [0.15, 0.2) is 53.7 Å². The third kappa shape index (κ3) is 6.52. The van der Waals surface area contributed by atoms with E-state index in [-0.39, 0.29) is 25.0 Å². The summed E-state index contributed by atoms with van der Waals surface area (Å²) in [4.78, 5) is 30.9. The van der Waals surface area contributed by atoms with Gasteiger partial charge < -0.3 is 27.2 Å². The highest BCUT2D eigenvalue weighted by atomic mass is 16.3. The van der Waals surface area contributed by atoms with E-state index in [1.165, 1.54) is 17.3 Å². The SMILES string of the molecule is Cc1cc(C(N)=O)cc(C)c1C[C@H](N)C(=O)N(C(C)C)[C@H](C=N/C(=C\N)c1ccccc1)CO. The van der Waals surface area contributed by atoms with E-state index in [9.17, 15) is 14.7 Å². The van der Waals surface area contributed by atoms with Gasteiger partial charge in [0.05, 0.1) is 24.4 Å². The molecule has 7 N–H and O–H groups in total. The number of carbonyl (C=O) groups excluding carboxylic acids is 2. The van der Waals surface area contributed by atoms with Crippen LogP contribution in [-0.4, -0.2) is 52.8 Å². The van der Waals surface area contributed by atoms with Crippen LogP contribution in [0.25, 0.3) is 5.70 Å². The largest absolute Gasteiger partial charge is 0.403 e. The minimum Gasteiger partial charge on any atom is -0.403 e. The van der Waals surface area contributed by atoms with E-state index in [4.69, 9.17) is 17.2 Å². The molecule has 0 bridgehead atoms.